The maximum atomic E-state index is 10.1. The molecule has 4 nitrogen and oxygen atoms in total. The molecule has 132 valence electrons. The Hall–Kier alpha value is -1.06. The Kier molecular flexibility index (Phi) is 21.0. The lowest BCUT2D eigenvalue weighted by Crippen LogP contribution is -1.93. The molecule has 2 N–H and O–H groups in total. The molecular formula is C18H36O4. The van der Waals surface area contributed by atoms with Crippen LogP contribution in [-0.4, -0.2) is 22.2 Å². The molecule has 0 bridgehead atoms. The highest BCUT2D eigenvalue weighted by Crippen LogP contribution is 2.07. The van der Waals surface area contributed by atoms with Crippen molar-refractivity contribution in [1.29, 1.82) is 0 Å². The van der Waals surface area contributed by atoms with Gasteiger partial charge >= 0.3 is 11.9 Å². The molecule has 0 saturated carbocycles. The number of carbonyl (C=O) groups is 2. The first-order valence-electron chi connectivity index (χ1n) is 8.98. The fraction of sp³-hybridized carbons (Fsp3) is 0.889. The van der Waals surface area contributed by atoms with E-state index in [0.29, 0.717) is 12.8 Å². The van der Waals surface area contributed by atoms with Crippen LogP contribution in [0.2, 0.25) is 0 Å². The van der Waals surface area contributed by atoms with E-state index in [1.54, 1.807) is 0 Å². The highest BCUT2D eigenvalue weighted by Gasteiger charge is 1.96. The molecule has 0 amide bonds. The van der Waals surface area contributed by atoms with Gasteiger partial charge in [-0.1, -0.05) is 78.1 Å². The average molecular weight is 316 g/mol. The highest BCUT2D eigenvalue weighted by molar-refractivity contribution is 5.66. The minimum atomic E-state index is -0.666. The van der Waals surface area contributed by atoms with E-state index in [9.17, 15) is 9.59 Å². The second-order valence-electron chi connectivity index (χ2n) is 5.82. The van der Waals surface area contributed by atoms with Gasteiger partial charge in [0, 0.05) is 12.8 Å². The van der Waals surface area contributed by atoms with Crippen LogP contribution in [0.3, 0.4) is 0 Å². The van der Waals surface area contributed by atoms with Crippen molar-refractivity contribution in [3.8, 4) is 0 Å². The van der Waals surface area contributed by atoms with Gasteiger partial charge in [-0.25, -0.2) is 0 Å². The maximum absolute atomic E-state index is 10.1. The van der Waals surface area contributed by atoms with E-state index in [0.717, 1.165) is 25.7 Å². The maximum Gasteiger partial charge on any atom is 0.303 e. The van der Waals surface area contributed by atoms with Crippen LogP contribution < -0.4 is 0 Å². The van der Waals surface area contributed by atoms with Crippen LogP contribution in [0.4, 0.5) is 0 Å². The molecule has 0 rings (SSSR count). The van der Waals surface area contributed by atoms with Gasteiger partial charge in [0.15, 0.2) is 0 Å². The molecule has 0 saturated heterocycles. The summed E-state index contributed by atoms with van der Waals surface area (Å²) in [7, 11) is 0. The molecule has 0 aromatic rings. The van der Waals surface area contributed by atoms with Crippen LogP contribution in [0, 0.1) is 0 Å². The molecule has 0 spiro atoms. The van der Waals surface area contributed by atoms with Gasteiger partial charge in [0.05, 0.1) is 0 Å². The molecule has 0 heterocycles. The lowest BCUT2D eigenvalue weighted by Gasteiger charge is -1.97. The van der Waals surface area contributed by atoms with Crippen LogP contribution in [0.1, 0.15) is 104 Å². The molecular weight excluding hydrogens is 280 g/mol. The number of rotatable bonds is 14. The Balaban J connectivity index is 0. The molecule has 22 heavy (non-hydrogen) atoms. The quantitative estimate of drug-likeness (QED) is 0.406. The third-order valence-corrected chi connectivity index (χ3v) is 3.49. The Morgan fingerprint density at radius 1 is 0.545 bits per heavy atom. The number of carboxylic acid groups (broad SMARTS) is 2. The topological polar surface area (TPSA) is 74.6 Å². The van der Waals surface area contributed by atoms with E-state index in [1.807, 2.05) is 0 Å². The smallest absolute Gasteiger partial charge is 0.303 e. The fourth-order valence-electron chi connectivity index (χ4n) is 2.11. The van der Waals surface area contributed by atoms with Gasteiger partial charge in [-0.05, 0) is 12.8 Å². The largest absolute Gasteiger partial charge is 0.481 e. The second kappa shape index (κ2) is 19.9. The summed E-state index contributed by atoms with van der Waals surface area (Å²) in [6.07, 6.45) is 14.5. The van der Waals surface area contributed by atoms with Gasteiger partial charge in [0.25, 0.3) is 0 Å². The highest BCUT2D eigenvalue weighted by atomic mass is 16.4. The summed E-state index contributed by atoms with van der Waals surface area (Å²) in [4.78, 5) is 20.2. The predicted molar refractivity (Wildman–Crippen MR) is 91.3 cm³/mol. The first kappa shape index (κ1) is 23.2. The van der Waals surface area contributed by atoms with Gasteiger partial charge in [0.1, 0.15) is 0 Å². The zero-order valence-electron chi connectivity index (χ0n) is 14.6. The van der Waals surface area contributed by atoms with E-state index in [4.69, 9.17) is 10.2 Å². The molecule has 0 atom stereocenters. The van der Waals surface area contributed by atoms with Crippen molar-refractivity contribution < 1.29 is 19.8 Å². The normalized spacial score (nSPS) is 9.91. The molecule has 0 aromatic heterocycles. The third kappa shape index (κ3) is 27.3. The van der Waals surface area contributed by atoms with E-state index in [2.05, 4.69) is 13.8 Å². The van der Waals surface area contributed by atoms with Gasteiger partial charge in [0.2, 0.25) is 0 Å². The van der Waals surface area contributed by atoms with Crippen LogP contribution in [0.25, 0.3) is 0 Å². The van der Waals surface area contributed by atoms with Crippen molar-refractivity contribution in [3.05, 3.63) is 0 Å². The number of carboxylic acids is 2. The van der Waals surface area contributed by atoms with E-state index >= 15 is 0 Å². The molecule has 0 unspecified atom stereocenters. The minimum Gasteiger partial charge on any atom is -0.481 e. The molecule has 4 heteroatoms. The summed E-state index contributed by atoms with van der Waals surface area (Å²) in [6, 6.07) is 0. The van der Waals surface area contributed by atoms with Crippen LogP contribution in [0.15, 0.2) is 0 Å². The molecule has 0 aliphatic carbocycles. The van der Waals surface area contributed by atoms with Crippen molar-refractivity contribution in [3.63, 3.8) is 0 Å². The first-order valence-corrected chi connectivity index (χ1v) is 8.98. The standard InChI is InChI=1S/2C9H18O2/c2*1-2-3-4-5-6-7-8-9(10)11/h2*2-8H2,1H3,(H,10,11). The summed E-state index contributed by atoms with van der Waals surface area (Å²) >= 11 is 0. The van der Waals surface area contributed by atoms with E-state index in [1.165, 1.54) is 51.4 Å². The summed E-state index contributed by atoms with van der Waals surface area (Å²) in [5.74, 6) is -1.33. The van der Waals surface area contributed by atoms with Gasteiger partial charge in [-0.2, -0.15) is 0 Å². The summed E-state index contributed by atoms with van der Waals surface area (Å²) in [5, 5.41) is 16.6. The van der Waals surface area contributed by atoms with Crippen LogP contribution in [0.5, 0.6) is 0 Å². The summed E-state index contributed by atoms with van der Waals surface area (Å²) < 4.78 is 0. The van der Waals surface area contributed by atoms with E-state index < -0.39 is 11.9 Å². The molecule has 0 radical (unpaired) electrons. The van der Waals surface area contributed by atoms with Crippen LogP contribution >= 0.6 is 0 Å². The summed E-state index contributed by atoms with van der Waals surface area (Å²) in [6.45, 7) is 4.36. The SMILES string of the molecule is CCCCCCCCC(=O)O.CCCCCCCCC(=O)O. The van der Waals surface area contributed by atoms with Crippen LogP contribution in [-0.2, 0) is 9.59 Å². The number of aliphatic carboxylic acids is 2. The predicted octanol–water partition coefficient (Wildman–Crippen LogP) is 5.64. The Labute approximate surface area is 136 Å². The molecule has 0 aliphatic rings. The first-order chi connectivity index (χ1) is 10.5. The lowest BCUT2D eigenvalue weighted by atomic mass is 10.1. The van der Waals surface area contributed by atoms with Crippen molar-refractivity contribution >= 4 is 11.9 Å². The zero-order chi connectivity index (χ0) is 17.1. The van der Waals surface area contributed by atoms with Crippen molar-refractivity contribution in [2.45, 2.75) is 104 Å². The number of unbranched alkanes of at least 4 members (excludes halogenated alkanes) is 10. The second-order valence-corrected chi connectivity index (χ2v) is 5.82. The van der Waals surface area contributed by atoms with Gasteiger partial charge < -0.3 is 10.2 Å². The van der Waals surface area contributed by atoms with E-state index in [-0.39, 0.29) is 0 Å². The fourth-order valence-corrected chi connectivity index (χ4v) is 2.11. The molecule has 0 fully saturated rings. The van der Waals surface area contributed by atoms with Gasteiger partial charge in [-0.15, -0.1) is 0 Å². The zero-order valence-corrected chi connectivity index (χ0v) is 14.6. The molecule has 0 aliphatic heterocycles. The Morgan fingerprint density at radius 2 is 0.818 bits per heavy atom. The monoisotopic (exact) mass is 316 g/mol. The molecule has 0 aromatic carbocycles. The summed E-state index contributed by atoms with van der Waals surface area (Å²) in [5.41, 5.74) is 0. The third-order valence-electron chi connectivity index (χ3n) is 3.49. The Bertz CT molecular complexity index is 225. The Morgan fingerprint density at radius 3 is 1.09 bits per heavy atom. The lowest BCUT2D eigenvalue weighted by molar-refractivity contribution is -0.138. The van der Waals surface area contributed by atoms with Crippen molar-refractivity contribution in [2.24, 2.45) is 0 Å². The average Bonchev–Trinajstić information content (AvgIpc) is 2.46. The van der Waals surface area contributed by atoms with Gasteiger partial charge in [-0.3, -0.25) is 9.59 Å². The number of hydrogen-bond donors (Lipinski definition) is 2. The number of hydrogen-bond acceptors (Lipinski definition) is 2. The van der Waals surface area contributed by atoms with Crippen molar-refractivity contribution in [1.82, 2.24) is 0 Å². The van der Waals surface area contributed by atoms with Crippen molar-refractivity contribution in [2.75, 3.05) is 0 Å². The minimum absolute atomic E-state index is 0.339.